The molecule has 2 aromatic heterocycles. The van der Waals surface area contributed by atoms with Gasteiger partial charge in [-0.1, -0.05) is 0 Å². The fourth-order valence-corrected chi connectivity index (χ4v) is 3.53. The minimum atomic E-state index is 0.652. The zero-order valence-electron chi connectivity index (χ0n) is 14.4. The zero-order chi connectivity index (χ0) is 17.9. The fraction of sp³-hybridized carbons (Fsp3) is 0.263. The van der Waals surface area contributed by atoms with Crippen molar-refractivity contribution in [1.29, 1.82) is 0 Å². The van der Waals surface area contributed by atoms with Crippen LogP contribution in [0.4, 0.5) is 5.69 Å². The largest absolute Gasteiger partial charge is 0.490 e. The highest BCUT2D eigenvalue weighted by molar-refractivity contribution is 9.10. The Labute approximate surface area is 160 Å². The molecule has 3 aromatic rings. The molecule has 3 heterocycles. The summed E-state index contributed by atoms with van der Waals surface area (Å²) < 4.78 is 14.3. The normalized spacial score (nSPS) is 13.3. The summed E-state index contributed by atoms with van der Waals surface area (Å²) in [5, 5.41) is 8.04. The first-order valence-corrected chi connectivity index (χ1v) is 9.26. The van der Waals surface area contributed by atoms with Gasteiger partial charge >= 0.3 is 0 Å². The van der Waals surface area contributed by atoms with Crippen LogP contribution in [0.1, 0.15) is 12.0 Å². The Morgan fingerprint density at radius 1 is 1.19 bits per heavy atom. The average molecular weight is 415 g/mol. The molecule has 1 N–H and O–H groups in total. The van der Waals surface area contributed by atoms with Crippen LogP contribution in [0.3, 0.4) is 0 Å². The summed E-state index contributed by atoms with van der Waals surface area (Å²) in [5.74, 6) is 1.57. The summed E-state index contributed by atoms with van der Waals surface area (Å²) in [7, 11) is 1.92. The van der Waals surface area contributed by atoms with Crippen molar-refractivity contribution in [3.05, 3.63) is 52.9 Å². The number of halogens is 1. The molecule has 1 aromatic carbocycles. The molecule has 26 heavy (non-hydrogen) atoms. The molecule has 0 atom stereocenters. The van der Waals surface area contributed by atoms with Gasteiger partial charge in [-0.05, 0) is 45.8 Å². The molecule has 0 bridgehead atoms. The minimum Gasteiger partial charge on any atom is -0.490 e. The minimum absolute atomic E-state index is 0.652. The predicted octanol–water partition coefficient (Wildman–Crippen LogP) is 4.02. The molecule has 0 fully saturated rings. The van der Waals surface area contributed by atoms with E-state index < -0.39 is 0 Å². The van der Waals surface area contributed by atoms with E-state index in [0.29, 0.717) is 19.8 Å². The number of ether oxygens (including phenoxy) is 2. The van der Waals surface area contributed by atoms with E-state index in [4.69, 9.17) is 9.47 Å². The van der Waals surface area contributed by atoms with E-state index in [2.05, 4.69) is 37.4 Å². The van der Waals surface area contributed by atoms with Gasteiger partial charge in [0.1, 0.15) is 5.69 Å². The molecule has 0 unspecified atom stereocenters. The van der Waals surface area contributed by atoms with E-state index in [1.165, 1.54) is 0 Å². The van der Waals surface area contributed by atoms with Crippen LogP contribution in [0.2, 0.25) is 0 Å². The standard InChI is InChI=1S/C19H19BrN4O2/c1-24-12-16(18(23-24)14-3-5-21-6-4-14)22-11-13-9-15(20)19-17(10-13)25-7-2-8-26-19/h3-6,9-10,12,22H,2,7-8,11H2,1H3. The van der Waals surface area contributed by atoms with E-state index in [1.54, 1.807) is 12.4 Å². The van der Waals surface area contributed by atoms with E-state index in [9.17, 15) is 0 Å². The molecule has 0 saturated heterocycles. The molecule has 0 spiro atoms. The van der Waals surface area contributed by atoms with Gasteiger partial charge in [0.2, 0.25) is 0 Å². The number of nitrogens with one attached hydrogen (secondary N) is 1. The summed E-state index contributed by atoms with van der Waals surface area (Å²) in [6.07, 6.45) is 6.41. The van der Waals surface area contributed by atoms with Crippen LogP contribution in [-0.2, 0) is 13.6 Å². The Kier molecular flexibility index (Phi) is 4.79. The number of hydrogen-bond donors (Lipinski definition) is 1. The zero-order valence-corrected chi connectivity index (χ0v) is 16.0. The number of nitrogens with zero attached hydrogens (tertiary/aromatic N) is 3. The third kappa shape index (κ3) is 3.53. The van der Waals surface area contributed by atoms with Crippen LogP contribution in [0.5, 0.6) is 11.5 Å². The van der Waals surface area contributed by atoms with Gasteiger partial charge < -0.3 is 14.8 Å². The van der Waals surface area contributed by atoms with E-state index in [1.807, 2.05) is 36.1 Å². The molecule has 0 radical (unpaired) electrons. The lowest BCUT2D eigenvalue weighted by Crippen LogP contribution is -2.01. The van der Waals surface area contributed by atoms with Crippen molar-refractivity contribution < 1.29 is 9.47 Å². The summed E-state index contributed by atoms with van der Waals surface area (Å²) in [6, 6.07) is 8.00. The van der Waals surface area contributed by atoms with Crippen molar-refractivity contribution in [3.8, 4) is 22.8 Å². The van der Waals surface area contributed by atoms with Crippen molar-refractivity contribution >= 4 is 21.6 Å². The fourth-order valence-electron chi connectivity index (χ4n) is 2.92. The van der Waals surface area contributed by atoms with Gasteiger partial charge in [0, 0.05) is 44.2 Å². The number of fused-ring (bicyclic) bond motifs is 1. The van der Waals surface area contributed by atoms with Gasteiger partial charge in [-0.15, -0.1) is 0 Å². The lowest BCUT2D eigenvalue weighted by Gasteiger charge is -2.13. The highest BCUT2D eigenvalue weighted by Gasteiger charge is 2.16. The summed E-state index contributed by atoms with van der Waals surface area (Å²) in [4.78, 5) is 4.07. The maximum Gasteiger partial charge on any atom is 0.175 e. The Balaban J connectivity index is 1.57. The van der Waals surface area contributed by atoms with Crippen molar-refractivity contribution in [2.45, 2.75) is 13.0 Å². The first-order chi connectivity index (χ1) is 12.7. The third-order valence-corrected chi connectivity index (χ3v) is 4.72. The Bertz CT molecular complexity index is 911. The van der Waals surface area contributed by atoms with Gasteiger partial charge in [0.05, 0.1) is 23.4 Å². The first kappa shape index (κ1) is 16.9. The van der Waals surface area contributed by atoms with Gasteiger partial charge in [0.25, 0.3) is 0 Å². The van der Waals surface area contributed by atoms with Crippen molar-refractivity contribution in [2.24, 2.45) is 7.05 Å². The number of hydrogen-bond acceptors (Lipinski definition) is 5. The second-order valence-electron chi connectivity index (χ2n) is 6.11. The third-order valence-electron chi connectivity index (χ3n) is 4.13. The van der Waals surface area contributed by atoms with Crippen LogP contribution in [-0.4, -0.2) is 28.0 Å². The van der Waals surface area contributed by atoms with Gasteiger partial charge in [-0.3, -0.25) is 9.67 Å². The predicted molar refractivity (Wildman–Crippen MR) is 104 cm³/mol. The monoisotopic (exact) mass is 414 g/mol. The molecule has 6 nitrogen and oxygen atoms in total. The molecular weight excluding hydrogens is 396 g/mol. The maximum absolute atomic E-state index is 5.81. The molecule has 0 amide bonds. The van der Waals surface area contributed by atoms with Gasteiger partial charge in [0.15, 0.2) is 11.5 Å². The topological polar surface area (TPSA) is 61.2 Å². The van der Waals surface area contributed by atoms with Gasteiger partial charge in [-0.25, -0.2) is 0 Å². The lowest BCUT2D eigenvalue weighted by atomic mass is 10.1. The van der Waals surface area contributed by atoms with Crippen LogP contribution in [0.15, 0.2) is 47.3 Å². The van der Waals surface area contributed by atoms with Crippen LogP contribution < -0.4 is 14.8 Å². The van der Waals surface area contributed by atoms with Crippen LogP contribution in [0, 0.1) is 0 Å². The number of pyridine rings is 1. The number of benzene rings is 1. The molecule has 0 saturated carbocycles. The van der Waals surface area contributed by atoms with E-state index in [-0.39, 0.29) is 0 Å². The molecule has 0 aliphatic carbocycles. The maximum atomic E-state index is 5.81. The van der Waals surface area contributed by atoms with Crippen LogP contribution in [0.25, 0.3) is 11.3 Å². The number of aryl methyl sites for hydroxylation is 1. The Hall–Kier alpha value is -2.54. The lowest BCUT2D eigenvalue weighted by molar-refractivity contribution is 0.296. The second kappa shape index (κ2) is 7.37. The summed E-state index contributed by atoms with van der Waals surface area (Å²) in [5.41, 5.74) is 4.01. The van der Waals surface area contributed by atoms with Crippen molar-refractivity contribution in [1.82, 2.24) is 14.8 Å². The molecular formula is C19H19BrN4O2. The summed E-state index contributed by atoms with van der Waals surface area (Å²) in [6.45, 7) is 2.00. The Morgan fingerprint density at radius 3 is 2.85 bits per heavy atom. The van der Waals surface area contributed by atoms with Crippen molar-refractivity contribution in [3.63, 3.8) is 0 Å². The number of rotatable bonds is 4. The molecule has 7 heteroatoms. The molecule has 1 aliphatic rings. The highest BCUT2D eigenvalue weighted by atomic mass is 79.9. The highest BCUT2D eigenvalue weighted by Crippen LogP contribution is 2.38. The second-order valence-corrected chi connectivity index (χ2v) is 6.96. The van der Waals surface area contributed by atoms with Crippen LogP contribution >= 0.6 is 15.9 Å². The first-order valence-electron chi connectivity index (χ1n) is 8.46. The Morgan fingerprint density at radius 2 is 2.00 bits per heavy atom. The quantitative estimate of drug-likeness (QED) is 0.698. The van der Waals surface area contributed by atoms with Gasteiger partial charge in [-0.2, -0.15) is 5.10 Å². The number of anilines is 1. The molecule has 134 valence electrons. The van der Waals surface area contributed by atoms with Crippen molar-refractivity contribution in [2.75, 3.05) is 18.5 Å². The van der Waals surface area contributed by atoms with E-state index >= 15 is 0 Å². The smallest absolute Gasteiger partial charge is 0.175 e. The van der Waals surface area contributed by atoms with E-state index in [0.717, 1.165) is 44.9 Å². The number of aromatic nitrogens is 3. The average Bonchev–Trinajstić information content (AvgIpc) is 2.86. The SMILES string of the molecule is Cn1cc(NCc2cc(Br)c3c(c2)OCCCO3)c(-c2ccncc2)n1. The summed E-state index contributed by atoms with van der Waals surface area (Å²) >= 11 is 3.59. The molecule has 1 aliphatic heterocycles. The molecule has 4 rings (SSSR count).